The summed E-state index contributed by atoms with van der Waals surface area (Å²) >= 11 is 7.68. The van der Waals surface area contributed by atoms with Crippen molar-refractivity contribution >= 4 is 35.2 Å². The van der Waals surface area contributed by atoms with E-state index in [2.05, 4.69) is 0 Å². The number of nitrogens with zero attached hydrogens (tertiary/aromatic N) is 1. The predicted octanol–water partition coefficient (Wildman–Crippen LogP) is 3.29. The molecule has 1 aliphatic heterocycles. The second kappa shape index (κ2) is 7.71. The zero-order valence-electron chi connectivity index (χ0n) is 11.6. The van der Waals surface area contributed by atoms with Gasteiger partial charge in [-0.05, 0) is 37.1 Å². The molecule has 0 atom stereocenters. The summed E-state index contributed by atoms with van der Waals surface area (Å²) in [6.07, 6.45) is 1.89. The fourth-order valence-electron chi connectivity index (χ4n) is 2.30. The van der Waals surface area contributed by atoms with Crippen LogP contribution >= 0.6 is 23.4 Å². The molecule has 1 aliphatic rings. The van der Waals surface area contributed by atoms with E-state index in [1.165, 1.54) is 4.90 Å². The lowest BCUT2D eigenvalue weighted by Gasteiger charge is -2.31. The molecule has 1 N–H and O–H groups in total. The Morgan fingerprint density at radius 1 is 1.19 bits per heavy atom. The summed E-state index contributed by atoms with van der Waals surface area (Å²) in [6, 6.07) is 7.79. The van der Waals surface area contributed by atoms with Gasteiger partial charge in [-0.3, -0.25) is 9.59 Å². The maximum atomic E-state index is 11.8. The van der Waals surface area contributed by atoms with Crippen molar-refractivity contribution in [3.05, 3.63) is 29.3 Å². The van der Waals surface area contributed by atoms with Crippen molar-refractivity contribution < 1.29 is 14.7 Å². The summed E-state index contributed by atoms with van der Waals surface area (Å²) in [5, 5.41) is 9.83. The lowest BCUT2D eigenvalue weighted by atomic mass is 10.1. The average Bonchev–Trinajstić information content (AvgIpc) is 2.48. The first-order chi connectivity index (χ1) is 10.0. The normalized spacial score (nSPS) is 16.0. The van der Waals surface area contributed by atoms with Crippen LogP contribution in [0.3, 0.4) is 0 Å². The molecule has 0 saturated carbocycles. The van der Waals surface area contributed by atoms with E-state index in [0.29, 0.717) is 18.3 Å². The number of amides is 1. The van der Waals surface area contributed by atoms with E-state index in [-0.39, 0.29) is 18.7 Å². The van der Waals surface area contributed by atoms with Crippen LogP contribution in [0, 0.1) is 0 Å². The molecule has 1 aromatic rings. The number of thioether (sulfide) groups is 1. The summed E-state index contributed by atoms with van der Waals surface area (Å²) in [6.45, 7) is 1.42. The maximum absolute atomic E-state index is 11.8. The van der Waals surface area contributed by atoms with Gasteiger partial charge in [0.25, 0.3) is 0 Å². The Labute approximate surface area is 133 Å². The van der Waals surface area contributed by atoms with Crippen molar-refractivity contribution in [2.75, 3.05) is 13.1 Å². The molecule has 6 heteroatoms. The van der Waals surface area contributed by atoms with Crippen LogP contribution in [0.1, 0.15) is 25.7 Å². The molecule has 0 aliphatic carbocycles. The number of carbonyl (C=O) groups is 2. The van der Waals surface area contributed by atoms with E-state index in [0.717, 1.165) is 17.9 Å². The highest BCUT2D eigenvalue weighted by molar-refractivity contribution is 8.00. The van der Waals surface area contributed by atoms with Crippen LogP contribution in [0.25, 0.3) is 0 Å². The first-order valence-corrected chi connectivity index (χ1v) is 8.22. The summed E-state index contributed by atoms with van der Waals surface area (Å²) in [5.74, 6) is -0.969. The molecule has 0 spiro atoms. The van der Waals surface area contributed by atoms with E-state index in [1.54, 1.807) is 4.90 Å². The first-order valence-electron chi connectivity index (χ1n) is 6.96. The van der Waals surface area contributed by atoms with Crippen LogP contribution in [0.2, 0.25) is 5.02 Å². The molecule has 0 bridgehead atoms. The Balaban J connectivity index is 1.76. The number of carbonyl (C=O) groups excluding carboxylic acids is 1. The minimum atomic E-state index is -0.920. The minimum Gasteiger partial charge on any atom is -0.481 e. The molecule has 0 radical (unpaired) electrons. The molecule has 0 aromatic heterocycles. The van der Waals surface area contributed by atoms with Gasteiger partial charge in [-0.1, -0.05) is 11.6 Å². The molecule has 4 nitrogen and oxygen atoms in total. The van der Waals surface area contributed by atoms with Gasteiger partial charge in [0.2, 0.25) is 5.91 Å². The van der Waals surface area contributed by atoms with Gasteiger partial charge in [0.05, 0.1) is 6.42 Å². The molecule has 1 saturated heterocycles. The van der Waals surface area contributed by atoms with Gasteiger partial charge in [0.15, 0.2) is 0 Å². The number of hydrogen-bond acceptors (Lipinski definition) is 3. The number of benzene rings is 1. The Bertz CT molecular complexity index is 498. The SMILES string of the molecule is O=C(O)CCC(=O)N1CCC(Sc2ccc(Cl)cc2)CC1. The highest BCUT2D eigenvalue weighted by Gasteiger charge is 2.23. The van der Waals surface area contributed by atoms with Gasteiger partial charge in [-0.15, -0.1) is 11.8 Å². The smallest absolute Gasteiger partial charge is 0.303 e. The third kappa shape index (κ3) is 5.25. The van der Waals surface area contributed by atoms with Gasteiger partial charge in [-0.25, -0.2) is 0 Å². The number of aliphatic carboxylic acids is 1. The van der Waals surface area contributed by atoms with Crippen molar-refractivity contribution in [1.29, 1.82) is 0 Å². The number of halogens is 1. The highest BCUT2D eigenvalue weighted by Crippen LogP contribution is 2.31. The second-order valence-corrected chi connectivity index (χ2v) is 6.86. The first kappa shape index (κ1) is 16.2. The number of piperidine rings is 1. The molecule has 0 unspecified atom stereocenters. The topological polar surface area (TPSA) is 57.6 Å². The average molecular weight is 328 g/mol. The van der Waals surface area contributed by atoms with Gasteiger partial charge in [0.1, 0.15) is 0 Å². The van der Waals surface area contributed by atoms with Crippen LogP contribution < -0.4 is 0 Å². The van der Waals surface area contributed by atoms with Crippen LogP contribution in [0.5, 0.6) is 0 Å². The van der Waals surface area contributed by atoms with Gasteiger partial charge in [-0.2, -0.15) is 0 Å². The fraction of sp³-hybridized carbons (Fsp3) is 0.467. The van der Waals surface area contributed by atoms with Crippen LogP contribution in [0.4, 0.5) is 0 Å². The Morgan fingerprint density at radius 3 is 2.38 bits per heavy atom. The van der Waals surface area contributed by atoms with E-state index < -0.39 is 5.97 Å². The molecule has 2 rings (SSSR count). The number of carboxylic acids is 1. The standard InChI is InChI=1S/C15H18ClNO3S/c16-11-1-3-12(4-2-11)21-13-7-9-17(10-8-13)14(18)5-6-15(19)20/h1-4,13H,5-10H2,(H,19,20). The summed E-state index contributed by atoms with van der Waals surface area (Å²) < 4.78 is 0. The molecule has 1 amide bonds. The van der Waals surface area contributed by atoms with E-state index in [9.17, 15) is 9.59 Å². The third-order valence-corrected chi connectivity index (χ3v) is 5.06. The lowest BCUT2D eigenvalue weighted by Crippen LogP contribution is -2.39. The summed E-state index contributed by atoms with van der Waals surface area (Å²) in [5.41, 5.74) is 0. The second-order valence-electron chi connectivity index (χ2n) is 5.05. The van der Waals surface area contributed by atoms with Crippen molar-refractivity contribution in [2.24, 2.45) is 0 Å². The fourth-order valence-corrected chi connectivity index (χ4v) is 3.55. The molecule has 114 valence electrons. The largest absolute Gasteiger partial charge is 0.481 e. The van der Waals surface area contributed by atoms with Gasteiger partial charge in [0, 0.05) is 34.7 Å². The van der Waals surface area contributed by atoms with Gasteiger partial charge >= 0.3 is 5.97 Å². The molecule has 1 fully saturated rings. The summed E-state index contributed by atoms with van der Waals surface area (Å²) in [7, 11) is 0. The Morgan fingerprint density at radius 2 is 1.81 bits per heavy atom. The van der Waals surface area contributed by atoms with Crippen molar-refractivity contribution in [3.8, 4) is 0 Å². The van der Waals surface area contributed by atoms with Crippen LogP contribution in [-0.4, -0.2) is 40.2 Å². The van der Waals surface area contributed by atoms with Crippen molar-refractivity contribution in [2.45, 2.75) is 35.8 Å². The third-order valence-electron chi connectivity index (χ3n) is 3.46. The Kier molecular flexibility index (Phi) is 5.94. The quantitative estimate of drug-likeness (QED) is 0.901. The van der Waals surface area contributed by atoms with Crippen LogP contribution in [-0.2, 0) is 9.59 Å². The van der Waals surface area contributed by atoms with E-state index in [1.807, 2.05) is 36.0 Å². The Hall–Kier alpha value is -1.20. The van der Waals surface area contributed by atoms with E-state index in [4.69, 9.17) is 16.7 Å². The molecule has 1 aromatic carbocycles. The summed E-state index contributed by atoms with van der Waals surface area (Å²) in [4.78, 5) is 25.3. The zero-order chi connectivity index (χ0) is 15.2. The van der Waals surface area contributed by atoms with E-state index >= 15 is 0 Å². The minimum absolute atomic E-state index is 0.0488. The number of rotatable bonds is 5. The van der Waals surface area contributed by atoms with Crippen molar-refractivity contribution in [1.82, 2.24) is 4.90 Å². The molecular weight excluding hydrogens is 310 g/mol. The predicted molar refractivity (Wildman–Crippen MR) is 83.8 cm³/mol. The molecule has 1 heterocycles. The molecular formula is C15H18ClNO3S. The maximum Gasteiger partial charge on any atom is 0.303 e. The number of carboxylic acid groups (broad SMARTS) is 1. The molecule has 21 heavy (non-hydrogen) atoms. The zero-order valence-corrected chi connectivity index (χ0v) is 13.2. The van der Waals surface area contributed by atoms with Crippen LogP contribution in [0.15, 0.2) is 29.2 Å². The van der Waals surface area contributed by atoms with Crippen molar-refractivity contribution in [3.63, 3.8) is 0 Å². The highest BCUT2D eigenvalue weighted by atomic mass is 35.5. The monoisotopic (exact) mass is 327 g/mol. The number of likely N-dealkylation sites (tertiary alicyclic amines) is 1. The lowest BCUT2D eigenvalue weighted by molar-refractivity contribution is -0.141. The van der Waals surface area contributed by atoms with Gasteiger partial charge < -0.3 is 10.0 Å². The number of hydrogen-bond donors (Lipinski definition) is 1.